The van der Waals surface area contributed by atoms with Crippen LogP contribution < -0.4 is 14.8 Å². The van der Waals surface area contributed by atoms with Crippen molar-refractivity contribution in [2.75, 3.05) is 31.6 Å². The molecule has 1 aliphatic rings. The highest BCUT2D eigenvalue weighted by molar-refractivity contribution is 5.91. The smallest absolute Gasteiger partial charge is 0.321 e. The molecule has 7 heteroatoms. The average Bonchev–Trinajstić information content (AvgIpc) is 2.57. The Balaban J connectivity index is 2.11. The van der Waals surface area contributed by atoms with Gasteiger partial charge in [0.1, 0.15) is 11.5 Å². The van der Waals surface area contributed by atoms with Crippen molar-refractivity contribution in [3.63, 3.8) is 0 Å². The van der Waals surface area contributed by atoms with Crippen molar-refractivity contribution < 1.29 is 24.2 Å². The van der Waals surface area contributed by atoms with Crippen LogP contribution in [-0.4, -0.2) is 48.3 Å². The summed E-state index contributed by atoms with van der Waals surface area (Å²) in [5.41, 5.74) is 0.519. The Morgan fingerprint density at radius 3 is 2.71 bits per heavy atom. The second kappa shape index (κ2) is 8.42. The lowest BCUT2D eigenvalue weighted by molar-refractivity contribution is -0.143. The lowest BCUT2D eigenvalue weighted by Crippen LogP contribution is -2.44. The number of nitrogens with zero attached hydrogens (tertiary/aromatic N) is 1. The molecule has 2 rings (SSSR count). The number of rotatable bonds is 6. The normalized spacial score (nSPS) is 17.2. The molecule has 1 saturated heterocycles. The maximum Gasteiger partial charge on any atom is 0.321 e. The number of amides is 2. The van der Waals surface area contributed by atoms with E-state index < -0.39 is 11.9 Å². The first-order valence-electron chi connectivity index (χ1n) is 8.23. The summed E-state index contributed by atoms with van der Waals surface area (Å²) in [5.74, 6) is -0.175. The van der Waals surface area contributed by atoms with Crippen molar-refractivity contribution in [1.82, 2.24) is 4.90 Å². The van der Waals surface area contributed by atoms with Gasteiger partial charge in [-0.3, -0.25) is 4.79 Å². The Labute approximate surface area is 141 Å². The summed E-state index contributed by atoms with van der Waals surface area (Å²) >= 11 is 0. The first kappa shape index (κ1) is 17.9. The van der Waals surface area contributed by atoms with E-state index in [0.717, 1.165) is 0 Å². The van der Waals surface area contributed by atoms with Gasteiger partial charge in [0.2, 0.25) is 0 Å². The fraction of sp³-hybridized carbons (Fsp3) is 0.529. The lowest BCUT2D eigenvalue weighted by atomic mass is 9.99. The second-order valence-electron chi connectivity index (χ2n) is 5.58. The van der Waals surface area contributed by atoms with Gasteiger partial charge in [0.15, 0.2) is 0 Å². The Morgan fingerprint density at radius 2 is 2.04 bits per heavy atom. The SMILES string of the molecule is CCOc1ccc(OCC)c(NC(=O)N2CCCC(C(=O)O)C2)c1. The zero-order chi connectivity index (χ0) is 17.5. The molecule has 1 fully saturated rings. The van der Waals surface area contributed by atoms with Gasteiger partial charge < -0.3 is 24.8 Å². The molecule has 2 N–H and O–H groups in total. The van der Waals surface area contributed by atoms with E-state index >= 15 is 0 Å². The highest BCUT2D eigenvalue weighted by atomic mass is 16.5. The predicted molar refractivity (Wildman–Crippen MR) is 89.7 cm³/mol. The summed E-state index contributed by atoms with van der Waals surface area (Å²) < 4.78 is 11.0. The van der Waals surface area contributed by atoms with E-state index in [2.05, 4.69) is 5.32 Å². The topological polar surface area (TPSA) is 88.1 Å². The molecule has 0 saturated carbocycles. The van der Waals surface area contributed by atoms with Crippen LogP contribution in [0.5, 0.6) is 11.5 Å². The summed E-state index contributed by atoms with van der Waals surface area (Å²) in [5, 5.41) is 12.0. The molecule has 0 aromatic heterocycles. The first-order valence-corrected chi connectivity index (χ1v) is 8.23. The van der Waals surface area contributed by atoms with E-state index in [-0.39, 0.29) is 12.6 Å². The minimum Gasteiger partial charge on any atom is -0.494 e. The number of hydrogen-bond acceptors (Lipinski definition) is 4. The molecule has 1 unspecified atom stereocenters. The molecule has 1 atom stereocenters. The van der Waals surface area contributed by atoms with Crippen LogP contribution in [0, 0.1) is 5.92 Å². The largest absolute Gasteiger partial charge is 0.494 e. The molecular formula is C17H24N2O5. The van der Waals surface area contributed by atoms with E-state index in [4.69, 9.17) is 14.6 Å². The highest BCUT2D eigenvalue weighted by Gasteiger charge is 2.28. The highest BCUT2D eigenvalue weighted by Crippen LogP contribution is 2.30. The third-order valence-electron chi connectivity index (χ3n) is 3.86. The lowest BCUT2D eigenvalue weighted by Gasteiger charge is -2.31. The standard InChI is InChI=1S/C17H24N2O5/c1-3-23-13-7-8-15(24-4-2)14(10-13)18-17(22)19-9-5-6-12(11-19)16(20)21/h7-8,10,12H,3-6,9,11H2,1-2H3,(H,18,22)(H,20,21). The molecule has 0 spiro atoms. The van der Waals surface area contributed by atoms with Gasteiger partial charge in [0.05, 0.1) is 24.8 Å². The fourth-order valence-electron chi connectivity index (χ4n) is 2.70. The van der Waals surface area contributed by atoms with E-state index in [1.807, 2.05) is 13.8 Å². The van der Waals surface area contributed by atoms with Crippen LogP contribution in [-0.2, 0) is 4.79 Å². The molecule has 0 radical (unpaired) electrons. The fourth-order valence-corrected chi connectivity index (χ4v) is 2.70. The van der Waals surface area contributed by atoms with Gasteiger partial charge in [0.25, 0.3) is 0 Å². The van der Waals surface area contributed by atoms with Gasteiger partial charge in [-0.2, -0.15) is 0 Å². The van der Waals surface area contributed by atoms with Crippen LogP contribution in [0.3, 0.4) is 0 Å². The van der Waals surface area contributed by atoms with Gasteiger partial charge in [-0.1, -0.05) is 0 Å². The number of carboxylic acids is 1. The third kappa shape index (κ3) is 4.53. The summed E-state index contributed by atoms with van der Waals surface area (Å²) in [6.45, 7) is 5.51. The van der Waals surface area contributed by atoms with Crippen LogP contribution in [0.25, 0.3) is 0 Å². The zero-order valence-corrected chi connectivity index (χ0v) is 14.1. The Hall–Kier alpha value is -2.44. The second-order valence-corrected chi connectivity index (χ2v) is 5.58. The van der Waals surface area contributed by atoms with E-state index in [0.29, 0.717) is 49.8 Å². The number of benzene rings is 1. The number of nitrogens with one attached hydrogen (secondary N) is 1. The number of carbonyl (C=O) groups excluding carboxylic acids is 1. The number of piperidine rings is 1. The molecule has 1 aliphatic heterocycles. The van der Waals surface area contributed by atoms with Crippen molar-refractivity contribution in [3.05, 3.63) is 18.2 Å². The van der Waals surface area contributed by atoms with Crippen molar-refractivity contribution in [1.29, 1.82) is 0 Å². The van der Waals surface area contributed by atoms with Gasteiger partial charge >= 0.3 is 12.0 Å². The maximum atomic E-state index is 12.5. The molecule has 0 bridgehead atoms. The maximum absolute atomic E-state index is 12.5. The number of likely N-dealkylation sites (tertiary alicyclic amines) is 1. The number of carboxylic acid groups (broad SMARTS) is 1. The van der Waals surface area contributed by atoms with Crippen LogP contribution in [0.15, 0.2) is 18.2 Å². The molecule has 2 amide bonds. The third-order valence-corrected chi connectivity index (χ3v) is 3.86. The van der Waals surface area contributed by atoms with Gasteiger partial charge in [-0.15, -0.1) is 0 Å². The van der Waals surface area contributed by atoms with Crippen molar-refractivity contribution >= 4 is 17.7 Å². The summed E-state index contributed by atoms with van der Waals surface area (Å²) in [6, 6.07) is 4.92. The summed E-state index contributed by atoms with van der Waals surface area (Å²) in [6.07, 6.45) is 1.28. The van der Waals surface area contributed by atoms with E-state index in [1.165, 1.54) is 4.90 Å². The molecule has 1 aromatic rings. The summed E-state index contributed by atoms with van der Waals surface area (Å²) in [7, 11) is 0. The van der Waals surface area contributed by atoms with Crippen LogP contribution in [0.4, 0.5) is 10.5 Å². The van der Waals surface area contributed by atoms with E-state index in [1.54, 1.807) is 18.2 Å². The first-order chi connectivity index (χ1) is 11.5. The van der Waals surface area contributed by atoms with Gasteiger partial charge in [-0.25, -0.2) is 4.79 Å². The molecule has 7 nitrogen and oxygen atoms in total. The molecule has 132 valence electrons. The number of ether oxygens (including phenoxy) is 2. The molecule has 0 aliphatic carbocycles. The Kier molecular flexibility index (Phi) is 6.28. The summed E-state index contributed by atoms with van der Waals surface area (Å²) in [4.78, 5) is 25.2. The number of aliphatic carboxylic acids is 1. The Bertz CT molecular complexity index is 590. The Morgan fingerprint density at radius 1 is 1.29 bits per heavy atom. The molecule has 24 heavy (non-hydrogen) atoms. The number of hydrogen-bond donors (Lipinski definition) is 2. The van der Waals surface area contributed by atoms with Crippen molar-refractivity contribution in [3.8, 4) is 11.5 Å². The van der Waals surface area contributed by atoms with Crippen LogP contribution in [0.2, 0.25) is 0 Å². The van der Waals surface area contributed by atoms with Gasteiger partial charge in [0, 0.05) is 19.2 Å². The predicted octanol–water partition coefficient (Wildman–Crippen LogP) is 2.81. The number of carbonyl (C=O) groups is 2. The van der Waals surface area contributed by atoms with Crippen molar-refractivity contribution in [2.45, 2.75) is 26.7 Å². The molecule has 1 heterocycles. The molecular weight excluding hydrogens is 312 g/mol. The van der Waals surface area contributed by atoms with Crippen LogP contribution >= 0.6 is 0 Å². The zero-order valence-electron chi connectivity index (χ0n) is 14.1. The number of urea groups is 1. The van der Waals surface area contributed by atoms with E-state index in [9.17, 15) is 9.59 Å². The van der Waals surface area contributed by atoms with Gasteiger partial charge in [-0.05, 0) is 38.8 Å². The monoisotopic (exact) mass is 336 g/mol. The van der Waals surface area contributed by atoms with Crippen molar-refractivity contribution in [2.24, 2.45) is 5.92 Å². The minimum atomic E-state index is -0.860. The minimum absolute atomic E-state index is 0.219. The number of anilines is 1. The van der Waals surface area contributed by atoms with Crippen LogP contribution in [0.1, 0.15) is 26.7 Å². The molecule has 1 aromatic carbocycles. The quantitative estimate of drug-likeness (QED) is 0.834. The average molecular weight is 336 g/mol.